The first-order valence-corrected chi connectivity index (χ1v) is 17.0. The van der Waals surface area contributed by atoms with E-state index in [0.717, 1.165) is 69.3 Å². The van der Waals surface area contributed by atoms with Crippen LogP contribution in [-0.2, 0) is 25.5 Å². The van der Waals surface area contributed by atoms with E-state index in [2.05, 4.69) is 48.7 Å². The minimum atomic E-state index is -0.594. The Hall–Kier alpha value is -4.99. The second-order valence-electron chi connectivity index (χ2n) is 12.8. The zero-order chi connectivity index (χ0) is 35.6. The summed E-state index contributed by atoms with van der Waals surface area (Å²) < 4.78 is 10.3. The van der Waals surface area contributed by atoms with Gasteiger partial charge in [-0.3, -0.25) is 14.6 Å². The molecule has 0 radical (unpaired) electrons. The molecule has 3 N–H and O–H groups in total. The summed E-state index contributed by atoms with van der Waals surface area (Å²) in [4.78, 5) is 57.7. The van der Waals surface area contributed by atoms with E-state index in [1.54, 1.807) is 0 Å². The lowest BCUT2D eigenvalue weighted by atomic mass is 9.85. The second kappa shape index (κ2) is 14.6. The predicted molar refractivity (Wildman–Crippen MR) is 194 cm³/mol. The van der Waals surface area contributed by atoms with Gasteiger partial charge in [0.1, 0.15) is 0 Å². The fraction of sp³-hybridized carbons (Fsp3) is 0.410. The van der Waals surface area contributed by atoms with Crippen LogP contribution < -0.4 is 5.32 Å². The maximum atomic E-state index is 14.3. The number of ether oxygens (including phenoxy) is 2. The Morgan fingerprint density at radius 2 is 1.67 bits per heavy atom. The van der Waals surface area contributed by atoms with Gasteiger partial charge >= 0.3 is 11.9 Å². The molecule has 2 aliphatic heterocycles. The van der Waals surface area contributed by atoms with Crippen molar-refractivity contribution in [3.63, 3.8) is 0 Å². The molecule has 49 heavy (non-hydrogen) atoms. The number of nitrogens with zero attached hydrogens (tertiary/aromatic N) is 2. The van der Waals surface area contributed by atoms with Crippen LogP contribution in [0.2, 0.25) is 0 Å². The zero-order valence-electron chi connectivity index (χ0n) is 29.8. The molecule has 5 rings (SSSR count). The zero-order valence-corrected chi connectivity index (χ0v) is 29.8. The molecule has 0 aliphatic carbocycles. The van der Waals surface area contributed by atoms with E-state index in [9.17, 15) is 14.4 Å². The van der Waals surface area contributed by atoms with Gasteiger partial charge in [0.15, 0.2) is 0 Å². The van der Waals surface area contributed by atoms with Crippen molar-refractivity contribution in [1.82, 2.24) is 25.3 Å². The third-order valence-electron chi connectivity index (χ3n) is 9.95. The van der Waals surface area contributed by atoms with Crippen molar-refractivity contribution in [2.45, 2.75) is 85.5 Å². The molecule has 1 amide bonds. The number of esters is 2. The van der Waals surface area contributed by atoms with Gasteiger partial charge in [-0.1, -0.05) is 39.8 Å². The molecule has 0 fully saturated rings. The Labute approximate surface area is 287 Å². The number of H-pyrrole nitrogens is 2. The number of carbonyl (C=O) groups is 3. The lowest BCUT2D eigenvalue weighted by Gasteiger charge is -2.18. The van der Waals surface area contributed by atoms with Crippen molar-refractivity contribution in [2.24, 2.45) is 0 Å². The number of hydrogen-bond donors (Lipinski definition) is 3. The standard InChI is InChI=1S/C39H47N5O5/c1-10-13-16-40-38(46)35-36-26(14-15-33(45)48-8)22(6)29(43-36)17-27-20(4)24(11-2)31(41-27)18-28-21(5)25(12-3)32(42-28)19-30-23(7)34(37(35)44-30)39(47)49-9/h11,17-19,22,26,41-42H,2,10,12-16H2,1,3-9H3,(H,40,46)/t22-,26-/m0/s1. The van der Waals surface area contributed by atoms with Crippen LogP contribution in [0.1, 0.15) is 121 Å². The minimum absolute atomic E-state index is 0.133. The predicted octanol–water partition coefficient (Wildman–Crippen LogP) is 7.61. The highest BCUT2D eigenvalue weighted by Crippen LogP contribution is 2.43. The summed E-state index contributed by atoms with van der Waals surface area (Å²) in [6, 6.07) is 6.04. The normalized spacial score (nSPS) is 15.7. The number of allylic oxidation sites excluding steroid dienone is 1. The summed E-state index contributed by atoms with van der Waals surface area (Å²) in [5.41, 5.74) is 10.8. The lowest BCUT2D eigenvalue weighted by molar-refractivity contribution is -0.140. The van der Waals surface area contributed by atoms with Gasteiger partial charge in [0, 0.05) is 58.1 Å². The molecule has 0 saturated heterocycles. The molecule has 10 nitrogen and oxygen atoms in total. The van der Waals surface area contributed by atoms with Gasteiger partial charge in [0.05, 0.1) is 42.4 Å². The smallest absolute Gasteiger partial charge is 0.340 e. The summed E-state index contributed by atoms with van der Waals surface area (Å²) in [7, 11) is 2.69. The molecule has 5 heterocycles. The summed E-state index contributed by atoms with van der Waals surface area (Å²) in [5.74, 6) is -1.85. The lowest BCUT2D eigenvalue weighted by Crippen LogP contribution is -2.27. The summed E-state index contributed by atoms with van der Waals surface area (Å²) in [5, 5.41) is 3.06. The van der Waals surface area contributed by atoms with Gasteiger partial charge in [0.25, 0.3) is 5.91 Å². The first kappa shape index (κ1) is 35.3. The van der Waals surface area contributed by atoms with E-state index in [-0.39, 0.29) is 47.0 Å². The van der Waals surface area contributed by atoms with Crippen LogP contribution >= 0.6 is 0 Å². The molecule has 3 aromatic heterocycles. The van der Waals surface area contributed by atoms with E-state index in [1.807, 2.05) is 39.0 Å². The third-order valence-corrected chi connectivity index (χ3v) is 9.95. The highest BCUT2D eigenvalue weighted by Gasteiger charge is 2.37. The van der Waals surface area contributed by atoms with Crippen molar-refractivity contribution < 1.29 is 23.9 Å². The number of fused-ring (bicyclic) bond motifs is 8. The Balaban J connectivity index is 2.01. The first-order valence-electron chi connectivity index (χ1n) is 17.0. The number of hydrogen-bond acceptors (Lipinski definition) is 7. The van der Waals surface area contributed by atoms with Crippen LogP contribution in [0.4, 0.5) is 0 Å². The SMILES string of the molecule is C=Cc1c(C)c2cc3nc(c(C(=O)NCCCC)c4nc(cc5[nH]c(cc1[nH]2)c(C)c5CC)C(C)=C4C(=O)OC)[C@@H](CCC(=O)OC)[C@@H]3C. The fourth-order valence-corrected chi connectivity index (χ4v) is 6.99. The number of unbranched alkanes of at least 4 members (excludes halogenated alkanes) is 1. The number of methoxy groups -OCH3 is 2. The van der Waals surface area contributed by atoms with E-state index in [0.29, 0.717) is 29.9 Å². The van der Waals surface area contributed by atoms with Crippen molar-refractivity contribution >= 4 is 57.1 Å². The fourth-order valence-electron chi connectivity index (χ4n) is 6.99. The molecule has 3 aromatic rings. The molecular formula is C39H47N5O5. The molecular weight excluding hydrogens is 618 g/mol. The summed E-state index contributed by atoms with van der Waals surface area (Å²) in [6.45, 7) is 16.7. The van der Waals surface area contributed by atoms with Crippen LogP contribution in [0.15, 0.2) is 24.8 Å². The van der Waals surface area contributed by atoms with Gasteiger partial charge < -0.3 is 24.8 Å². The highest BCUT2D eigenvalue weighted by atomic mass is 16.5. The van der Waals surface area contributed by atoms with Gasteiger partial charge in [0.2, 0.25) is 0 Å². The number of carbonyl (C=O) groups excluding carboxylic acids is 3. The van der Waals surface area contributed by atoms with Crippen LogP contribution in [0.3, 0.4) is 0 Å². The van der Waals surface area contributed by atoms with Crippen molar-refractivity contribution in [3.8, 4) is 0 Å². The minimum Gasteiger partial charge on any atom is -0.469 e. The van der Waals surface area contributed by atoms with E-state index >= 15 is 0 Å². The average molecular weight is 666 g/mol. The molecule has 0 saturated carbocycles. The Morgan fingerprint density at radius 3 is 2.33 bits per heavy atom. The van der Waals surface area contributed by atoms with Gasteiger partial charge in [-0.15, -0.1) is 0 Å². The molecule has 8 bridgehead atoms. The molecule has 0 spiro atoms. The Morgan fingerprint density at radius 1 is 0.959 bits per heavy atom. The van der Waals surface area contributed by atoms with Gasteiger partial charge in [-0.05, 0) is 80.5 Å². The molecule has 0 aromatic carbocycles. The highest BCUT2D eigenvalue weighted by molar-refractivity contribution is 6.27. The van der Waals surface area contributed by atoms with Crippen LogP contribution in [0, 0.1) is 13.8 Å². The maximum Gasteiger partial charge on any atom is 0.340 e. The van der Waals surface area contributed by atoms with E-state index in [4.69, 9.17) is 19.4 Å². The first-order chi connectivity index (χ1) is 23.5. The average Bonchev–Trinajstić information content (AvgIpc) is 3.76. The summed E-state index contributed by atoms with van der Waals surface area (Å²) in [6.07, 6.45) is 4.80. The van der Waals surface area contributed by atoms with Crippen LogP contribution in [-0.4, -0.2) is 58.5 Å². The number of aromatic amines is 2. The van der Waals surface area contributed by atoms with E-state index in [1.165, 1.54) is 14.2 Å². The molecule has 258 valence electrons. The Kier molecular flexibility index (Phi) is 10.6. The number of rotatable bonds is 10. The Bertz CT molecular complexity index is 2030. The molecule has 2 aliphatic rings. The monoisotopic (exact) mass is 665 g/mol. The second-order valence-corrected chi connectivity index (χ2v) is 12.8. The molecule has 10 heteroatoms. The maximum absolute atomic E-state index is 14.3. The largest absolute Gasteiger partial charge is 0.469 e. The number of aryl methyl sites for hydroxylation is 3. The number of aromatic nitrogens is 4. The topological polar surface area (TPSA) is 139 Å². The van der Waals surface area contributed by atoms with Gasteiger partial charge in [-0.2, -0.15) is 0 Å². The molecule has 0 unspecified atom stereocenters. The van der Waals surface area contributed by atoms with E-state index < -0.39 is 5.97 Å². The molecule has 2 atom stereocenters. The number of nitrogens with one attached hydrogen (secondary N) is 3. The quantitative estimate of drug-likeness (QED) is 0.150. The van der Waals surface area contributed by atoms with Crippen LogP contribution in [0.25, 0.3) is 39.3 Å². The van der Waals surface area contributed by atoms with Crippen molar-refractivity contribution in [3.05, 3.63) is 75.4 Å². The third kappa shape index (κ3) is 6.56. The number of amides is 1. The van der Waals surface area contributed by atoms with Gasteiger partial charge in [-0.25, -0.2) is 9.78 Å². The van der Waals surface area contributed by atoms with Crippen molar-refractivity contribution in [2.75, 3.05) is 20.8 Å². The van der Waals surface area contributed by atoms with Crippen molar-refractivity contribution in [1.29, 1.82) is 0 Å². The van der Waals surface area contributed by atoms with Crippen LogP contribution in [0.5, 0.6) is 0 Å². The summed E-state index contributed by atoms with van der Waals surface area (Å²) >= 11 is 0.